The van der Waals surface area contributed by atoms with E-state index in [2.05, 4.69) is 17.4 Å². The SMILES string of the molecule is N#CCOc1ccc(CNC2CCCCCC2)cc1. The molecule has 1 aromatic rings. The number of hydrogen-bond donors (Lipinski definition) is 1. The van der Waals surface area contributed by atoms with Gasteiger partial charge in [-0.2, -0.15) is 5.26 Å². The summed E-state index contributed by atoms with van der Waals surface area (Å²) in [5.74, 6) is 0.764. The Morgan fingerprint density at radius 1 is 1.11 bits per heavy atom. The van der Waals surface area contributed by atoms with E-state index in [1.165, 1.54) is 44.1 Å². The number of benzene rings is 1. The van der Waals surface area contributed by atoms with Gasteiger partial charge in [0.2, 0.25) is 0 Å². The van der Waals surface area contributed by atoms with Gasteiger partial charge in [0, 0.05) is 12.6 Å². The van der Waals surface area contributed by atoms with Crippen molar-refractivity contribution in [2.45, 2.75) is 51.1 Å². The third kappa shape index (κ3) is 4.92. The van der Waals surface area contributed by atoms with E-state index in [4.69, 9.17) is 10.00 Å². The van der Waals surface area contributed by atoms with Gasteiger partial charge >= 0.3 is 0 Å². The zero-order chi connectivity index (χ0) is 13.3. The number of ether oxygens (including phenoxy) is 1. The fraction of sp³-hybridized carbons (Fsp3) is 0.562. The van der Waals surface area contributed by atoms with Crippen molar-refractivity contribution in [3.8, 4) is 11.8 Å². The number of nitrogens with zero attached hydrogens (tertiary/aromatic N) is 1. The second-order valence-electron chi connectivity index (χ2n) is 5.16. The molecule has 102 valence electrons. The van der Waals surface area contributed by atoms with Gasteiger partial charge in [-0.05, 0) is 30.5 Å². The van der Waals surface area contributed by atoms with Gasteiger partial charge < -0.3 is 10.1 Å². The normalized spacial score (nSPS) is 16.6. The molecule has 1 aromatic carbocycles. The van der Waals surface area contributed by atoms with Gasteiger partial charge in [-0.1, -0.05) is 37.8 Å². The molecule has 0 bridgehead atoms. The second kappa shape index (κ2) is 7.81. The second-order valence-corrected chi connectivity index (χ2v) is 5.16. The lowest BCUT2D eigenvalue weighted by Gasteiger charge is -2.16. The molecule has 1 saturated carbocycles. The minimum atomic E-state index is 0.111. The van der Waals surface area contributed by atoms with Gasteiger partial charge in [-0.25, -0.2) is 0 Å². The first-order valence-corrected chi connectivity index (χ1v) is 7.20. The van der Waals surface area contributed by atoms with Crippen LogP contribution in [-0.2, 0) is 6.54 Å². The lowest BCUT2D eigenvalue weighted by atomic mass is 10.1. The maximum Gasteiger partial charge on any atom is 0.174 e. The van der Waals surface area contributed by atoms with E-state index in [1.54, 1.807) is 0 Å². The van der Waals surface area contributed by atoms with Crippen molar-refractivity contribution < 1.29 is 4.74 Å². The number of hydrogen-bond acceptors (Lipinski definition) is 3. The smallest absolute Gasteiger partial charge is 0.174 e. The third-order valence-electron chi connectivity index (χ3n) is 3.68. The highest BCUT2D eigenvalue weighted by molar-refractivity contribution is 5.27. The largest absolute Gasteiger partial charge is 0.479 e. The first-order chi connectivity index (χ1) is 9.38. The van der Waals surface area contributed by atoms with Gasteiger partial charge in [0.15, 0.2) is 6.61 Å². The summed E-state index contributed by atoms with van der Waals surface area (Å²) >= 11 is 0. The van der Waals surface area contributed by atoms with Crippen LogP contribution < -0.4 is 10.1 Å². The summed E-state index contributed by atoms with van der Waals surface area (Å²) in [5.41, 5.74) is 1.27. The monoisotopic (exact) mass is 258 g/mol. The number of rotatable bonds is 5. The number of nitriles is 1. The topological polar surface area (TPSA) is 45.0 Å². The van der Waals surface area contributed by atoms with Crippen molar-refractivity contribution in [2.75, 3.05) is 6.61 Å². The highest BCUT2D eigenvalue weighted by Gasteiger charge is 2.11. The summed E-state index contributed by atoms with van der Waals surface area (Å²) in [5, 5.41) is 12.1. The highest BCUT2D eigenvalue weighted by Crippen LogP contribution is 2.18. The fourth-order valence-electron chi connectivity index (χ4n) is 2.56. The molecule has 0 amide bonds. The Bertz CT molecular complexity index is 400. The van der Waals surface area contributed by atoms with E-state index in [9.17, 15) is 0 Å². The fourth-order valence-corrected chi connectivity index (χ4v) is 2.56. The molecular formula is C16H22N2O. The molecule has 19 heavy (non-hydrogen) atoms. The van der Waals surface area contributed by atoms with Gasteiger partial charge in [-0.15, -0.1) is 0 Å². The molecule has 0 radical (unpaired) electrons. The molecule has 3 heteroatoms. The van der Waals surface area contributed by atoms with Crippen LogP contribution in [0.5, 0.6) is 5.75 Å². The minimum absolute atomic E-state index is 0.111. The molecule has 1 aliphatic carbocycles. The van der Waals surface area contributed by atoms with Crippen LogP contribution in [0.1, 0.15) is 44.1 Å². The summed E-state index contributed by atoms with van der Waals surface area (Å²) in [7, 11) is 0. The van der Waals surface area contributed by atoms with Gasteiger partial charge in [0.05, 0.1) is 0 Å². The molecule has 1 fully saturated rings. The zero-order valence-corrected chi connectivity index (χ0v) is 11.4. The first-order valence-electron chi connectivity index (χ1n) is 7.20. The van der Waals surface area contributed by atoms with Crippen LogP contribution in [0.4, 0.5) is 0 Å². The summed E-state index contributed by atoms with van der Waals surface area (Å²) in [6, 6.07) is 10.6. The predicted octanol–water partition coefficient (Wildman–Crippen LogP) is 3.40. The predicted molar refractivity (Wildman–Crippen MR) is 75.9 cm³/mol. The van der Waals surface area contributed by atoms with Crippen molar-refractivity contribution in [1.29, 1.82) is 5.26 Å². The maximum atomic E-state index is 8.45. The summed E-state index contributed by atoms with van der Waals surface area (Å²) < 4.78 is 5.24. The molecule has 2 rings (SSSR count). The van der Waals surface area contributed by atoms with Crippen LogP contribution in [0.2, 0.25) is 0 Å². The van der Waals surface area contributed by atoms with E-state index in [0.29, 0.717) is 6.04 Å². The highest BCUT2D eigenvalue weighted by atomic mass is 16.5. The zero-order valence-electron chi connectivity index (χ0n) is 11.4. The molecule has 0 saturated heterocycles. The van der Waals surface area contributed by atoms with Crippen LogP contribution in [0.25, 0.3) is 0 Å². The minimum Gasteiger partial charge on any atom is -0.479 e. The van der Waals surface area contributed by atoms with Gasteiger partial charge in [0.25, 0.3) is 0 Å². The van der Waals surface area contributed by atoms with Crippen LogP contribution in [-0.4, -0.2) is 12.6 Å². The quantitative estimate of drug-likeness (QED) is 0.823. The van der Waals surface area contributed by atoms with Crippen molar-refractivity contribution >= 4 is 0 Å². The Morgan fingerprint density at radius 2 is 1.79 bits per heavy atom. The van der Waals surface area contributed by atoms with Crippen molar-refractivity contribution in [1.82, 2.24) is 5.32 Å². The molecule has 0 unspecified atom stereocenters. The van der Waals surface area contributed by atoms with Crippen LogP contribution >= 0.6 is 0 Å². The Morgan fingerprint density at radius 3 is 2.42 bits per heavy atom. The lowest BCUT2D eigenvalue weighted by Crippen LogP contribution is -2.27. The van der Waals surface area contributed by atoms with E-state index in [0.717, 1.165) is 12.3 Å². The van der Waals surface area contributed by atoms with Crippen molar-refractivity contribution in [3.05, 3.63) is 29.8 Å². The molecular weight excluding hydrogens is 236 g/mol. The van der Waals surface area contributed by atoms with Crippen LogP contribution in [0.15, 0.2) is 24.3 Å². The lowest BCUT2D eigenvalue weighted by molar-refractivity contribution is 0.368. The molecule has 1 N–H and O–H groups in total. The van der Waals surface area contributed by atoms with E-state index in [1.807, 2.05) is 18.2 Å². The molecule has 0 heterocycles. The molecule has 0 aliphatic heterocycles. The van der Waals surface area contributed by atoms with Crippen molar-refractivity contribution in [2.24, 2.45) is 0 Å². The van der Waals surface area contributed by atoms with Crippen molar-refractivity contribution in [3.63, 3.8) is 0 Å². The van der Waals surface area contributed by atoms with Crippen LogP contribution in [0, 0.1) is 11.3 Å². The molecule has 3 nitrogen and oxygen atoms in total. The van der Waals surface area contributed by atoms with Gasteiger partial charge in [-0.3, -0.25) is 0 Å². The Hall–Kier alpha value is -1.53. The Balaban J connectivity index is 1.77. The molecule has 0 aromatic heterocycles. The van der Waals surface area contributed by atoms with E-state index >= 15 is 0 Å². The van der Waals surface area contributed by atoms with E-state index < -0.39 is 0 Å². The summed E-state index contributed by atoms with van der Waals surface area (Å²) in [6.07, 6.45) is 8.12. The first kappa shape index (κ1) is 13.9. The summed E-state index contributed by atoms with van der Waals surface area (Å²) in [6.45, 7) is 1.03. The van der Waals surface area contributed by atoms with Crippen LogP contribution in [0.3, 0.4) is 0 Å². The Kier molecular flexibility index (Phi) is 5.71. The molecule has 0 atom stereocenters. The summed E-state index contributed by atoms with van der Waals surface area (Å²) in [4.78, 5) is 0. The third-order valence-corrected chi connectivity index (χ3v) is 3.68. The average Bonchev–Trinajstić information content (AvgIpc) is 2.72. The van der Waals surface area contributed by atoms with E-state index in [-0.39, 0.29) is 6.61 Å². The number of nitrogens with one attached hydrogen (secondary N) is 1. The van der Waals surface area contributed by atoms with Gasteiger partial charge in [0.1, 0.15) is 11.8 Å². The average molecular weight is 258 g/mol. The Labute approximate surface area is 115 Å². The maximum absolute atomic E-state index is 8.45. The molecule has 1 aliphatic rings. The standard InChI is InChI=1S/C16H22N2O/c17-11-12-19-16-9-7-14(8-10-16)13-18-15-5-3-1-2-4-6-15/h7-10,15,18H,1-6,12-13H2. The molecule has 0 spiro atoms.